The van der Waals surface area contributed by atoms with E-state index in [9.17, 15) is 9.90 Å². The summed E-state index contributed by atoms with van der Waals surface area (Å²) in [5, 5.41) is 10.0. The van der Waals surface area contributed by atoms with Crippen LogP contribution in [0, 0.1) is 0 Å². The molecule has 15 heavy (non-hydrogen) atoms. The van der Waals surface area contributed by atoms with Crippen molar-refractivity contribution >= 4 is 17.7 Å². The molecule has 0 saturated heterocycles. The van der Waals surface area contributed by atoms with Crippen LogP contribution in [0.4, 0.5) is 0 Å². The van der Waals surface area contributed by atoms with E-state index in [1.54, 1.807) is 0 Å². The van der Waals surface area contributed by atoms with Crippen molar-refractivity contribution in [2.24, 2.45) is 5.73 Å². The normalized spacial score (nSPS) is 21.3. The third-order valence-corrected chi connectivity index (χ3v) is 4.04. The number of ether oxygens (including phenoxy) is 1. The van der Waals surface area contributed by atoms with Gasteiger partial charge in [-0.25, -0.2) is 0 Å². The summed E-state index contributed by atoms with van der Waals surface area (Å²) in [6, 6.07) is -0.579. The molecule has 1 fully saturated rings. The average molecular weight is 233 g/mol. The van der Waals surface area contributed by atoms with Crippen LogP contribution in [0.15, 0.2) is 0 Å². The molecule has 88 valence electrons. The lowest BCUT2D eigenvalue weighted by Crippen LogP contribution is -2.35. The maximum Gasteiger partial charge on any atom is 0.323 e. The van der Waals surface area contributed by atoms with E-state index >= 15 is 0 Å². The SMILES string of the molecule is COC(=O)C(N)CSCC1(O)CCCC1. The molecular weight excluding hydrogens is 214 g/mol. The van der Waals surface area contributed by atoms with Crippen molar-refractivity contribution < 1.29 is 14.6 Å². The summed E-state index contributed by atoms with van der Waals surface area (Å²) in [6.45, 7) is 0. The second-order valence-corrected chi connectivity index (χ2v) is 5.11. The molecule has 0 aromatic carbocycles. The minimum Gasteiger partial charge on any atom is -0.468 e. The van der Waals surface area contributed by atoms with Gasteiger partial charge in [0.15, 0.2) is 0 Å². The van der Waals surface area contributed by atoms with E-state index in [2.05, 4.69) is 4.74 Å². The molecule has 0 amide bonds. The van der Waals surface area contributed by atoms with E-state index in [1.165, 1.54) is 18.9 Å². The second kappa shape index (κ2) is 5.72. The van der Waals surface area contributed by atoms with Gasteiger partial charge in [0, 0.05) is 11.5 Å². The lowest BCUT2D eigenvalue weighted by Gasteiger charge is -2.21. The number of carbonyl (C=O) groups excluding carboxylic acids is 1. The van der Waals surface area contributed by atoms with E-state index in [-0.39, 0.29) is 5.97 Å². The van der Waals surface area contributed by atoms with Crippen LogP contribution in [0.1, 0.15) is 25.7 Å². The topological polar surface area (TPSA) is 72.5 Å². The van der Waals surface area contributed by atoms with Crippen molar-refractivity contribution in [2.45, 2.75) is 37.3 Å². The molecule has 0 bridgehead atoms. The maximum absolute atomic E-state index is 11.0. The fourth-order valence-corrected chi connectivity index (χ4v) is 2.95. The number of nitrogens with two attached hydrogens (primary N) is 1. The van der Waals surface area contributed by atoms with Crippen LogP contribution in [0.25, 0.3) is 0 Å². The van der Waals surface area contributed by atoms with Crippen LogP contribution in [0.3, 0.4) is 0 Å². The van der Waals surface area contributed by atoms with Crippen LogP contribution in [-0.4, -0.2) is 41.3 Å². The Hall–Kier alpha value is -0.260. The number of carbonyl (C=O) groups is 1. The smallest absolute Gasteiger partial charge is 0.323 e. The van der Waals surface area contributed by atoms with Crippen molar-refractivity contribution in [1.82, 2.24) is 0 Å². The minimum atomic E-state index is -0.579. The number of hydrogen-bond acceptors (Lipinski definition) is 5. The van der Waals surface area contributed by atoms with E-state index in [0.29, 0.717) is 11.5 Å². The van der Waals surface area contributed by atoms with Gasteiger partial charge in [0.25, 0.3) is 0 Å². The Balaban J connectivity index is 2.18. The highest BCUT2D eigenvalue weighted by molar-refractivity contribution is 7.99. The molecule has 4 nitrogen and oxygen atoms in total. The third kappa shape index (κ3) is 4.01. The molecule has 1 aliphatic carbocycles. The van der Waals surface area contributed by atoms with Crippen LogP contribution in [0.5, 0.6) is 0 Å². The molecule has 1 saturated carbocycles. The Kier molecular flexibility index (Phi) is 4.89. The van der Waals surface area contributed by atoms with Crippen molar-refractivity contribution in [3.8, 4) is 0 Å². The molecule has 1 rings (SSSR count). The molecule has 1 aliphatic rings. The first kappa shape index (κ1) is 12.8. The van der Waals surface area contributed by atoms with Crippen LogP contribution in [0.2, 0.25) is 0 Å². The average Bonchev–Trinajstić information content (AvgIpc) is 2.64. The molecule has 1 unspecified atom stereocenters. The molecule has 0 aromatic rings. The quantitative estimate of drug-likeness (QED) is 0.678. The first-order valence-corrected chi connectivity index (χ1v) is 6.36. The highest BCUT2D eigenvalue weighted by Crippen LogP contribution is 2.32. The zero-order chi connectivity index (χ0) is 11.3. The summed E-state index contributed by atoms with van der Waals surface area (Å²) >= 11 is 1.53. The van der Waals surface area contributed by atoms with Gasteiger partial charge in [0.05, 0.1) is 12.7 Å². The summed E-state index contributed by atoms with van der Waals surface area (Å²) in [4.78, 5) is 11.0. The van der Waals surface area contributed by atoms with Gasteiger partial charge in [-0.1, -0.05) is 12.8 Å². The highest BCUT2D eigenvalue weighted by Gasteiger charge is 2.31. The van der Waals surface area contributed by atoms with Crippen molar-refractivity contribution in [2.75, 3.05) is 18.6 Å². The summed E-state index contributed by atoms with van der Waals surface area (Å²) in [5.41, 5.74) is 5.05. The number of rotatable bonds is 5. The number of aliphatic hydroxyl groups is 1. The Morgan fingerprint density at radius 3 is 2.73 bits per heavy atom. The molecule has 1 atom stereocenters. The molecule has 0 heterocycles. The summed E-state index contributed by atoms with van der Waals surface area (Å²) < 4.78 is 4.52. The van der Waals surface area contributed by atoms with Crippen molar-refractivity contribution in [1.29, 1.82) is 0 Å². The van der Waals surface area contributed by atoms with Crippen LogP contribution in [-0.2, 0) is 9.53 Å². The van der Waals surface area contributed by atoms with Gasteiger partial charge in [0.2, 0.25) is 0 Å². The molecule has 5 heteroatoms. The number of methoxy groups -OCH3 is 1. The number of hydrogen-bond donors (Lipinski definition) is 2. The lowest BCUT2D eigenvalue weighted by atomic mass is 10.1. The van der Waals surface area contributed by atoms with Crippen LogP contribution < -0.4 is 5.73 Å². The van der Waals surface area contributed by atoms with E-state index < -0.39 is 11.6 Å². The van der Waals surface area contributed by atoms with Gasteiger partial charge in [-0.2, -0.15) is 11.8 Å². The fraction of sp³-hybridized carbons (Fsp3) is 0.900. The predicted octanol–water partition coefficient (Wildman–Crippen LogP) is 0.525. The fourth-order valence-electron chi connectivity index (χ4n) is 1.77. The highest BCUT2D eigenvalue weighted by atomic mass is 32.2. The molecule has 3 N–H and O–H groups in total. The molecule has 0 aliphatic heterocycles. The second-order valence-electron chi connectivity index (χ2n) is 4.08. The molecule has 0 aromatic heterocycles. The number of thioether (sulfide) groups is 1. The van der Waals surface area contributed by atoms with Crippen molar-refractivity contribution in [3.05, 3.63) is 0 Å². The summed E-state index contributed by atoms with van der Waals surface area (Å²) in [7, 11) is 1.33. The van der Waals surface area contributed by atoms with E-state index in [4.69, 9.17) is 5.73 Å². The first-order chi connectivity index (χ1) is 7.07. The maximum atomic E-state index is 11.0. The van der Waals surface area contributed by atoms with Gasteiger partial charge >= 0.3 is 5.97 Å². The van der Waals surface area contributed by atoms with Crippen LogP contribution >= 0.6 is 11.8 Å². The number of esters is 1. The Labute approximate surface area is 94.6 Å². The molecule has 0 radical (unpaired) electrons. The molecule has 0 spiro atoms. The molecular formula is C10H19NO3S. The monoisotopic (exact) mass is 233 g/mol. The van der Waals surface area contributed by atoms with Gasteiger partial charge in [-0.3, -0.25) is 4.79 Å². The van der Waals surface area contributed by atoms with Gasteiger partial charge in [-0.15, -0.1) is 0 Å². The van der Waals surface area contributed by atoms with Gasteiger partial charge < -0.3 is 15.6 Å². The lowest BCUT2D eigenvalue weighted by molar-refractivity contribution is -0.141. The largest absolute Gasteiger partial charge is 0.468 e. The van der Waals surface area contributed by atoms with Gasteiger partial charge in [-0.05, 0) is 12.8 Å². The third-order valence-electron chi connectivity index (χ3n) is 2.71. The summed E-state index contributed by atoms with van der Waals surface area (Å²) in [6.07, 6.45) is 3.93. The van der Waals surface area contributed by atoms with Gasteiger partial charge in [0.1, 0.15) is 6.04 Å². The van der Waals surface area contributed by atoms with Crippen molar-refractivity contribution in [3.63, 3.8) is 0 Å². The first-order valence-electron chi connectivity index (χ1n) is 5.21. The minimum absolute atomic E-state index is 0.388. The standard InChI is InChI=1S/C10H19NO3S/c1-14-9(12)8(11)6-15-7-10(13)4-2-3-5-10/h8,13H,2-7,11H2,1H3. The predicted molar refractivity (Wildman–Crippen MR) is 60.7 cm³/mol. The Bertz CT molecular complexity index is 217. The Morgan fingerprint density at radius 2 is 2.20 bits per heavy atom. The van der Waals surface area contributed by atoms with E-state index in [1.807, 2.05) is 0 Å². The van der Waals surface area contributed by atoms with E-state index in [0.717, 1.165) is 25.7 Å². The Morgan fingerprint density at radius 1 is 1.60 bits per heavy atom. The zero-order valence-corrected chi connectivity index (χ0v) is 9.89. The zero-order valence-electron chi connectivity index (χ0n) is 9.07. The summed E-state index contributed by atoms with van der Waals surface area (Å²) in [5.74, 6) is 0.785.